The van der Waals surface area contributed by atoms with Crippen LogP contribution in [0.2, 0.25) is 0 Å². The van der Waals surface area contributed by atoms with E-state index in [1.807, 2.05) is 0 Å². The van der Waals surface area contributed by atoms with E-state index in [1.165, 1.54) is 48.3 Å². The van der Waals surface area contributed by atoms with Crippen LogP contribution in [-0.2, 0) is 28.5 Å². The molecule has 1 aliphatic carbocycles. The summed E-state index contributed by atoms with van der Waals surface area (Å²) in [6, 6.07) is 1.14. The molecule has 0 radical (unpaired) electrons. The van der Waals surface area contributed by atoms with Crippen molar-refractivity contribution in [2.45, 2.75) is 90.1 Å². The lowest BCUT2D eigenvalue weighted by Crippen LogP contribution is -2.60. The summed E-state index contributed by atoms with van der Waals surface area (Å²) in [5.41, 5.74) is 6.24. The van der Waals surface area contributed by atoms with Gasteiger partial charge in [0.25, 0.3) is 0 Å². The highest BCUT2D eigenvalue weighted by molar-refractivity contribution is 5.52. The molecule has 14 nitrogen and oxygen atoms in total. The van der Waals surface area contributed by atoms with Gasteiger partial charge in [0.1, 0.15) is 6.29 Å². The number of morpholine rings is 2. The molecular formula is C48H82N8O6. The Morgan fingerprint density at radius 2 is 1.52 bits per heavy atom. The summed E-state index contributed by atoms with van der Waals surface area (Å²) in [6.45, 7) is 35.7. The van der Waals surface area contributed by atoms with Gasteiger partial charge in [0.2, 0.25) is 0 Å². The van der Waals surface area contributed by atoms with Crippen molar-refractivity contribution in [3.63, 3.8) is 0 Å². The minimum Gasteiger partial charge on any atom is -0.377 e. The molecule has 5 fully saturated rings. The van der Waals surface area contributed by atoms with E-state index in [4.69, 9.17) is 30.3 Å². The van der Waals surface area contributed by atoms with E-state index in [-0.39, 0.29) is 17.6 Å². The summed E-state index contributed by atoms with van der Waals surface area (Å²) in [6.07, 6.45) is 10.0. The van der Waals surface area contributed by atoms with Crippen LogP contribution in [0.1, 0.15) is 59.8 Å². The molecule has 5 atom stereocenters. The van der Waals surface area contributed by atoms with Crippen LogP contribution in [0.5, 0.6) is 0 Å². The number of dihydropyridines is 1. The number of aldehydes is 1. The molecule has 62 heavy (non-hydrogen) atoms. The van der Waals surface area contributed by atoms with Gasteiger partial charge >= 0.3 is 0 Å². The number of nitrogens with one attached hydrogen (secondary N) is 3. The number of piperazine rings is 2. The average molecular weight is 867 g/mol. The Balaban J connectivity index is 0.775. The average Bonchev–Trinajstić information content (AvgIpc) is 3.52. The van der Waals surface area contributed by atoms with E-state index >= 15 is 0 Å². The first-order valence-electron chi connectivity index (χ1n) is 24.2. The summed E-state index contributed by atoms with van der Waals surface area (Å²) >= 11 is 0. The molecule has 0 aromatic carbocycles. The van der Waals surface area contributed by atoms with Gasteiger partial charge in [-0.25, -0.2) is 0 Å². The van der Waals surface area contributed by atoms with Crippen LogP contribution in [0.15, 0.2) is 47.6 Å². The molecule has 7 aliphatic rings. The summed E-state index contributed by atoms with van der Waals surface area (Å²) in [5, 5.41) is 11.0. The van der Waals surface area contributed by atoms with E-state index in [9.17, 15) is 4.79 Å². The zero-order chi connectivity index (χ0) is 43.5. The Labute approximate surface area is 373 Å². The van der Waals surface area contributed by atoms with Gasteiger partial charge < -0.3 is 49.3 Å². The van der Waals surface area contributed by atoms with Crippen molar-refractivity contribution in [3.05, 3.63) is 47.6 Å². The van der Waals surface area contributed by atoms with Crippen molar-refractivity contribution in [1.29, 1.82) is 0 Å². The lowest BCUT2D eigenvalue weighted by molar-refractivity contribution is -0.110. The molecule has 6 aliphatic heterocycles. The fraction of sp³-hybridized carbons (Fsp3) is 0.812. The topological polar surface area (TPSA) is 116 Å². The van der Waals surface area contributed by atoms with Crippen molar-refractivity contribution in [3.8, 4) is 0 Å². The van der Waals surface area contributed by atoms with Gasteiger partial charge in [-0.2, -0.15) is 0 Å². The minimum atomic E-state index is 0.00146. The monoisotopic (exact) mass is 867 g/mol. The standard InChI is InChI=1S/C48H82N8O6/c1-36-7-9-40(10-8-36)23-41-24-46-47(51-39(41)4)48(5,6)35-56(46)38(3)28-54-12-11-49-25-42(54)29-52-14-17-61-44(31-52)33-59-21-19-58-20-22-60-34-45-32-53(15-18-62-45)30-43-26-50-37(2)27-55(43)13-16-57/h16,24,36-37,40,42-45,49-51H,3-4,7-15,17-23,25-35H2,1-2,5-6H3/t36?,37-,40?,42?,43?,44+,45+/m1/s1. The quantitative estimate of drug-likeness (QED) is 0.116. The first-order chi connectivity index (χ1) is 30.0. The Hall–Kier alpha value is -2.21. The first-order valence-corrected chi connectivity index (χ1v) is 24.2. The van der Waals surface area contributed by atoms with Gasteiger partial charge in [0.05, 0.1) is 77.3 Å². The van der Waals surface area contributed by atoms with Crippen LogP contribution in [-0.4, -0.2) is 206 Å². The predicted molar refractivity (Wildman–Crippen MR) is 245 cm³/mol. The van der Waals surface area contributed by atoms with Gasteiger partial charge in [-0.3, -0.25) is 19.6 Å². The summed E-state index contributed by atoms with van der Waals surface area (Å²) in [7, 11) is 0. The molecule has 4 saturated heterocycles. The maximum absolute atomic E-state index is 11.2. The maximum atomic E-state index is 11.2. The van der Waals surface area contributed by atoms with Gasteiger partial charge in [0, 0.05) is 126 Å². The third-order valence-electron chi connectivity index (χ3n) is 14.4. The number of ether oxygens (including phenoxy) is 5. The van der Waals surface area contributed by atoms with Gasteiger partial charge in [-0.1, -0.05) is 46.8 Å². The second-order valence-electron chi connectivity index (χ2n) is 20.1. The van der Waals surface area contributed by atoms with Crippen LogP contribution in [0.4, 0.5) is 0 Å². The van der Waals surface area contributed by atoms with Crippen molar-refractivity contribution in [2.24, 2.45) is 17.3 Å². The number of carbonyl (C=O) groups excluding carboxylic acids is 1. The van der Waals surface area contributed by atoms with E-state index in [2.05, 4.69) is 80.8 Å². The van der Waals surface area contributed by atoms with Crippen LogP contribution < -0.4 is 16.0 Å². The minimum absolute atomic E-state index is 0.00146. The van der Waals surface area contributed by atoms with Crippen molar-refractivity contribution >= 4 is 6.29 Å². The third kappa shape index (κ3) is 13.4. The molecular weight excluding hydrogens is 785 g/mol. The number of rotatable bonds is 21. The van der Waals surface area contributed by atoms with Crippen LogP contribution >= 0.6 is 0 Å². The second-order valence-corrected chi connectivity index (χ2v) is 20.1. The molecule has 6 heterocycles. The van der Waals surface area contributed by atoms with Crippen LogP contribution in [0.25, 0.3) is 0 Å². The van der Waals surface area contributed by atoms with Crippen LogP contribution in [0, 0.1) is 17.3 Å². The number of carbonyl (C=O) groups is 1. The Kier molecular flexibility index (Phi) is 17.9. The molecule has 0 spiro atoms. The number of allylic oxidation sites excluding steroid dienone is 2. The fourth-order valence-corrected chi connectivity index (χ4v) is 10.7. The number of hydrogen-bond acceptors (Lipinski definition) is 14. The lowest BCUT2D eigenvalue weighted by atomic mass is 9.79. The highest BCUT2D eigenvalue weighted by Gasteiger charge is 2.41. The summed E-state index contributed by atoms with van der Waals surface area (Å²) in [4.78, 5) is 23.7. The lowest BCUT2D eigenvalue weighted by Gasteiger charge is -2.42. The molecule has 0 aromatic heterocycles. The van der Waals surface area contributed by atoms with Gasteiger partial charge in [0.15, 0.2) is 0 Å². The summed E-state index contributed by atoms with van der Waals surface area (Å²) in [5.74, 6) is 1.62. The van der Waals surface area contributed by atoms with Crippen molar-refractivity contribution in [1.82, 2.24) is 40.4 Å². The van der Waals surface area contributed by atoms with E-state index in [0.29, 0.717) is 70.9 Å². The number of nitrogens with zero attached hydrogens (tertiary/aromatic N) is 5. The molecule has 14 heteroatoms. The molecule has 1 saturated carbocycles. The Morgan fingerprint density at radius 3 is 2.18 bits per heavy atom. The van der Waals surface area contributed by atoms with Crippen molar-refractivity contribution < 1.29 is 28.5 Å². The second kappa shape index (κ2) is 23.3. The fourth-order valence-electron chi connectivity index (χ4n) is 10.7. The Morgan fingerprint density at radius 1 is 0.871 bits per heavy atom. The molecule has 2 unspecified atom stereocenters. The van der Waals surface area contributed by atoms with Crippen molar-refractivity contribution in [2.75, 3.05) is 144 Å². The predicted octanol–water partition coefficient (Wildman–Crippen LogP) is 2.90. The van der Waals surface area contributed by atoms with E-state index < -0.39 is 0 Å². The number of hydrogen-bond donors (Lipinski definition) is 3. The third-order valence-corrected chi connectivity index (χ3v) is 14.4. The Bertz CT molecular complexity index is 1530. The van der Waals surface area contributed by atoms with E-state index in [0.717, 1.165) is 122 Å². The summed E-state index contributed by atoms with van der Waals surface area (Å²) < 4.78 is 30.0. The molecule has 7 rings (SSSR count). The normalized spacial score (nSPS) is 31.8. The zero-order valence-corrected chi connectivity index (χ0v) is 38.9. The van der Waals surface area contributed by atoms with E-state index in [1.54, 1.807) is 0 Å². The zero-order valence-electron chi connectivity index (χ0n) is 38.9. The molecule has 3 N–H and O–H groups in total. The molecule has 350 valence electrons. The smallest absolute Gasteiger partial charge is 0.133 e. The highest BCUT2D eigenvalue weighted by Crippen LogP contribution is 2.44. The van der Waals surface area contributed by atoms with Gasteiger partial charge in [-0.15, -0.1) is 0 Å². The maximum Gasteiger partial charge on any atom is 0.133 e. The molecule has 0 aromatic rings. The van der Waals surface area contributed by atoms with Crippen LogP contribution in [0.3, 0.4) is 0 Å². The largest absolute Gasteiger partial charge is 0.377 e. The first kappa shape index (κ1) is 47.7. The van der Waals surface area contributed by atoms with Gasteiger partial charge in [-0.05, 0) is 49.7 Å². The molecule has 0 bridgehead atoms. The molecule has 0 amide bonds. The SMILES string of the molecule is C=C1NC2=C(C=C1CC1CCC(C)CC1)N(C(=C)CN1CCNCC1CN1CCO[C@H](COCCOCCOC[C@@H]3CN(CC4CN[C@H](C)CN4CC=O)CCO3)C1)CC2(C)C. The highest BCUT2D eigenvalue weighted by atomic mass is 16.6.